The summed E-state index contributed by atoms with van der Waals surface area (Å²) >= 11 is 1.67. The van der Waals surface area contributed by atoms with E-state index in [1.54, 1.807) is 30.4 Å². The molecule has 3 rings (SSSR count). The zero-order chi connectivity index (χ0) is 12.4. The van der Waals surface area contributed by atoms with Crippen molar-refractivity contribution in [1.29, 1.82) is 0 Å². The normalized spacial score (nSPS) is 10.7. The van der Waals surface area contributed by atoms with Gasteiger partial charge in [0, 0.05) is 39.5 Å². The number of aromatic nitrogens is 2. The van der Waals surface area contributed by atoms with Crippen molar-refractivity contribution in [1.82, 2.24) is 9.97 Å². The van der Waals surface area contributed by atoms with Crippen LogP contribution in [0, 0.1) is 0 Å². The molecule has 4 heteroatoms. The third kappa shape index (κ3) is 2.02. The van der Waals surface area contributed by atoms with Crippen LogP contribution in [0.1, 0.15) is 0 Å². The number of fused-ring (bicyclic) bond motifs is 1. The fourth-order valence-electron chi connectivity index (χ4n) is 1.78. The monoisotopic (exact) mass is 253 g/mol. The topological polar surface area (TPSA) is 51.8 Å². The summed E-state index contributed by atoms with van der Waals surface area (Å²) in [5, 5.41) is 0.997. The molecule has 0 saturated heterocycles. The average molecular weight is 253 g/mol. The van der Waals surface area contributed by atoms with Crippen molar-refractivity contribution in [2.75, 3.05) is 5.73 Å². The van der Waals surface area contributed by atoms with E-state index in [9.17, 15) is 0 Å². The number of pyridine rings is 2. The zero-order valence-electron chi connectivity index (χ0n) is 9.58. The van der Waals surface area contributed by atoms with Crippen LogP contribution in [-0.2, 0) is 0 Å². The van der Waals surface area contributed by atoms with E-state index >= 15 is 0 Å². The van der Waals surface area contributed by atoms with Crippen LogP contribution in [0.5, 0.6) is 0 Å². The minimum absolute atomic E-state index is 0.761. The predicted octanol–water partition coefficient (Wildman–Crippen LogP) is 3.36. The smallest absolute Gasteiger partial charge is 0.0861 e. The molecule has 2 aromatic heterocycles. The largest absolute Gasteiger partial charge is 0.398 e. The zero-order valence-corrected chi connectivity index (χ0v) is 10.4. The van der Waals surface area contributed by atoms with Gasteiger partial charge in [0.15, 0.2) is 0 Å². The van der Waals surface area contributed by atoms with Gasteiger partial charge >= 0.3 is 0 Å². The average Bonchev–Trinajstić information content (AvgIpc) is 2.44. The number of nitrogen functional groups attached to an aromatic ring is 1. The maximum absolute atomic E-state index is 5.96. The summed E-state index contributed by atoms with van der Waals surface area (Å²) in [7, 11) is 0. The Hall–Kier alpha value is -2.07. The highest BCUT2D eigenvalue weighted by Gasteiger charge is 2.06. The Morgan fingerprint density at radius 3 is 2.61 bits per heavy atom. The van der Waals surface area contributed by atoms with E-state index in [4.69, 9.17) is 5.73 Å². The molecule has 0 atom stereocenters. The number of nitrogens with two attached hydrogens (primary N) is 1. The first-order chi connectivity index (χ1) is 8.84. The van der Waals surface area contributed by atoms with E-state index in [-0.39, 0.29) is 0 Å². The molecule has 2 N–H and O–H groups in total. The lowest BCUT2D eigenvalue weighted by Crippen LogP contribution is -1.90. The van der Waals surface area contributed by atoms with Crippen molar-refractivity contribution in [3.63, 3.8) is 0 Å². The summed E-state index contributed by atoms with van der Waals surface area (Å²) in [5.41, 5.74) is 7.66. The van der Waals surface area contributed by atoms with Gasteiger partial charge in [-0.1, -0.05) is 11.8 Å². The van der Waals surface area contributed by atoms with Gasteiger partial charge in [-0.2, -0.15) is 0 Å². The van der Waals surface area contributed by atoms with E-state index in [0.717, 1.165) is 26.4 Å². The van der Waals surface area contributed by atoms with Gasteiger partial charge < -0.3 is 5.73 Å². The number of hydrogen-bond donors (Lipinski definition) is 1. The summed E-state index contributed by atoms with van der Waals surface area (Å²) < 4.78 is 0. The van der Waals surface area contributed by atoms with Gasteiger partial charge in [-0.05, 0) is 36.4 Å². The van der Waals surface area contributed by atoms with Crippen LogP contribution in [0.2, 0.25) is 0 Å². The quantitative estimate of drug-likeness (QED) is 0.711. The third-order valence-electron chi connectivity index (χ3n) is 2.64. The number of nitrogens with zero attached hydrogens (tertiary/aromatic N) is 2. The Labute approximate surface area is 109 Å². The van der Waals surface area contributed by atoms with Gasteiger partial charge in [-0.3, -0.25) is 9.97 Å². The van der Waals surface area contributed by atoms with Crippen LogP contribution in [0.15, 0.2) is 64.8 Å². The lowest BCUT2D eigenvalue weighted by atomic mass is 10.2. The molecule has 88 valence electrons. The highest BCUT2D eigenvalue weighted by molar-refractivity contribution is 7.99. The fourth-order valence-corrected chi connectivity index (χ4v) is 2.69. The van der Waals surface area contributed by atoms with Crippen molar-refractivity contribution in [2.45, 2.75) is 9.79 Å². The Morgan fingerprint density at radius 1 is 0.944 bits per heavy atom. The predicted molar refractivity (Wildman–Crippen MR) is 74.5 cm³/mol. The second kappa shape index (κ2) is 4.66. The highest BCUT2D eigenvalue weighted by atomic mass is 32.2. The molecule has 0 spiro atoms. The first-order valence-electron chi connectivity index (χ1n) is 5.56. The molecule has 2 heterocycles. The maximum atomic E-state index is 5.96. The van der Waals surface area contributed by atoms with Gasteiger partial charge in [0.2, 0.25) is 0 Å². The molecule has 18 heavy (non-hydrogen) atoms. The molecular formula is C14H11N3S. The van der Waals surface area contributed by atoms with E-state index in [1.165, 1.54) is 0 Å². The van der Waals surface area contributed by atoms with Crippen molar-refractivity contribution in [2.24, 2.45) is 0 Å². The van der Waals surface area contributed by atoms with E-state index in [2.05, 4.69) is 9.97 Å². The van der Waals surface area contributed by atoms with Crippen molar-refractivity contribution in [3.05, 3.63) is 55.0 Å². The second-order valence-electron chi connectivity index (χ2n) is 3.84. The van der Waals surface area contributed by atoms with Gasteiger partial charge in [0.25, 0.3) is 0 Å². The number of anilines is 1. The third-order valence-corrected chi connectivity index (χ3v) is 3.70. The van der Waals surface area contributed by atoms with Crippen LogP contribution in [-0.4, -0.2) is 9.97 Å². The standard InChI is InChI=1S/C14H11N3S/c15-12-3-4-13(14-11(12)2-1-7-17-14)18-10-5-8-16-9-6-10/h1-9H,15H2. The number of rotatable bonds is 2. The Kier molecular flexibility index (Phi) is 2.86. The maximum Gasteiger partial charge on any atom is 0.0861 e. The molecule has 1 aromatic carbocycles. The van der Waals surface area contributed by atoms with E-state index < -0.39 is 0 Å². The molecule has 0 amide bonds. The minimum atomic E-state index is 0.761. The SMILES string of the molecule is Nc1ccc(Sc2ccncc2)c2ncccc12. The number of benzene rings is 1. The summed E-state index contributed by atoms with van der Waals surface area (Å²) in [4.78, 5) is 10.7. The molecule has 0 aliphatic rings. The van der Waals surface area contributed by atoms with Gasteiger partial charge in [0.1, 0.15) is 0 Å². The minimum Gasteiger partial charge on any atom is -0.398 e. The Morgan fingerprint density at radius 2 is 1.78 bits per heavy atom. The number of hydrogen-bond acceptors (Lipinski definition) is 4. The fraction of sp³-hybridized carbons (Fsp3) is 0. The summed E-state index contributed by atoms with van der Waals surface area (Å²) in [6.07, 6.45) is 5.36. The van der Waals surface area contributed by atoms with Crippen LogP contribution in [0.3, 0.4) is 0 Å². The molecule has 3 aromatic rings. The molecule has 0 fully saturated rings. The van der Waals surface area contributed by atoms with E-state index in [0.29, 0.717) is 0 Å². The molecule has 3 nitrogen and oxygen atoms in total. The molecule has 0 saturated carbocycles. The van der Waals surface area contributed by atoms with Gasteiger partial charge in [-0.15, -0.1) is 0 Å². The van der Waals surface area contributed by atoms with Crippen LogP contribution >= 0.6 is 11.8 Å². The lowest BCUT2D eigenvalue weighted by molar-refractivity contribution is 1.26. The Bertz CT molecular complexity index is 683. The van der Waals surface area contributed by atoms with Gasteiger partial charge in [-0.25, -0.2) is 0 Å². The lowest BCUT2D eigenvalue weighted by Gasteiger charge is -2.07. The van der Waals surface area contributed by atoms with Crippen LogP contribution in [0.25, 0.3) is 10.9 Å². The second-order valence-corrected chi connectivity index (χ2v) is 4.95. The summed E-state index contributed by atoms with van der Waals surface area (Å²) in [6, 6.07) is 11.8. The molecule has 0 bridgehead atoms. The van der Waals surface area contributed by atoms with Crippen LogP contribution in [0.4, 0.5) is 5.69 Å². The summed E-state index contributed by atoms with van der Waals surface area (Å²) in [5.74, 6) is 0. The molecule has 0 aliphatic heterocycles. The van der Waals surface area contributed by atoms with Crippen molar-refractivity contribution < 1.29 is 0 Å². The molecular weight excluding hydrogens is 242 g/mol. The highest BCUT2D eigenvalue weighted by Crippen LogP contribution is 2.34. The first-order valence-corrected chi connectivity index (χ1v) is 6.37. The van der Waals surface area contributed by atoms with Gasteiger partial charge in [0.05, 0.1) is 5.52 Å². The van der Waals surface area contributed by atoms with Crippen LogP contribution < -0.4 is 5.73 Å². The Balaban J connectivity index is 2.10. The van der Waals surface area contributed by atoms with E-state index in [1.807, 2.05) is 36.4 Å². The molecule has 0 unspecified atom stereocenters. The van der Waals surface area contributed by atoms with Crippen molar-refractivity contribution in [3.8, 4) is 0 Å². The first kappa shape index (κ1) is 11.0. The van der Waals surface area contributed by atoms with Crippen molar-refractivity contribution >= 4 is 28.4 Å². The molecule has 0 aliphatic carbocycles. The molecule has 0 radical (unpaired) electrons. The summed E-state index contributed by atoms with van der Waals surface area (Å²) in [6.45, 7) is 0.